The first-order valence-electron chi connectivity index (χ1n) is 5.17. The first-order valence-corrected chi connectivity index (χ1v) is 5.17. The van der Waals surface area contributed by atoms with Crippen LogP contribution in [0.2, 0.25) is 0 Å². The first-order chi connectivity index (χ1) is 7.31. The van der Waals surface area contributed by atoms with E-state index < -0.39 is 0 Å². The van der Waals surface area contributed by atoms with Gasteiger partial charge in [-0.15, -0.1) is 0 Å². The quantitative estimate of drug-likeness (QED) is 0.417. The fourth-order valence-corrected chi connectivity index (χ4v) is 0.894. The maximum Gasteiger partial charge on any atom is 0.222 e. The number of aldehydes is 1. The molecule has 0 spiro atoms. The molecule has 0 saturated carbocycles. The molecule has 0 heterocycles. The van der Waals surface area contributed by atoms with Crippen LogP contribution in [0.25, 0.3) is 0 Å². The Labute approximate surface area is 90.1 Å². The van der Waals surface area contributed by atoms with Gasteiger partial charge in [0.2, 0.25) is 5.91 Å². The highest BCUT2D eigenvalue weighted by Gasteiger charge is 1.99. The van der Waals surface area contributed by atoms with Gasteiger partial charge in [0.05, 0.1) is 19.8 Å². The van der Waals surface area contributed by atoms with Crippen LogP contribution in [-0.2, 0) is 19.1 Å². The Kier molecular flexibility index (Phi) is 10.4. The molecule has 0 aromatic carbocycles. The minimum atomic E-state index is -0.0394. The Morgan fingerprint density at radius 3 is 2.73 bits per heavy atom. The summed E-state index contributed by atoms with van der Waals surface area (Å²) in [5.41, 5.74) is 0. The molecule has 0 fully saturated rings. The second-order valence-electron chi connectivity index (χ2n) is 2.86. The molecule has 0 saturated heterocycles. The highest BCUT2D eigenvalue weighted by molar-refractivity contribution is 5.75. The predicted octanol–water partition coefficient (Wildman–Crippen LogP) is 0.135. The van der Waals surface area contributed by atoms with E-state index in [2.05, 4.69) is 5.32 Å². The van der Waals surface area contributed by atoms with Gasteiger partial charge in [-0.2, -0.15) is 0 Å². The molecule has 0 aliphatic carbocycles. The number of hydrogen-bond acceptors (Lipinski definition) is 4. The smallest absolute Gasteiger partial charge is 0.222 e. The Balaban J connectivity index is 3.13. The van der Waals surface area contributed by atoms with Crippen LogP contribution in [-0.4, -0.2) is 45.2 Å². The van der Waals surface area contributed by atoms with E-state index >= 15 is 0 Å². The molecule has 0 aromatic rings. The van der Waals surface area contributed by atoms with Crippen molar-refractivity contribution in [1.29, 1.82) is 0 Å². The van der Waals surface area contributed by atoms with Crippen LogP contribution >= 0.6 is 0 Å². The lowest BCUT2D eigenvalue weighted by Gasteiger charge is -2.05. The highest BCUT2D eigenvalue weighted by atomic mass is 16.5. The van der Waals surface area contributed by atoms with E-state index in [1.807, 2.05) is 6.92 Å². The number of carbonyl (C=O) groups is 2. The van der Waals surface area contributed by atoms with E-state index in [0.717, 1.165) is 6.29 Å². The molecule has 1 N–H and O–H groups in total. The molecule has 0 aliphatic rings. The third-order valence-corrected chi connectivity index (χ3v) is 1.63. The van der Waals surface area contributed by atoms with Gasteiger partial charge in [0.1, 0.15) is 6.29 Å². The Morgan fingerprint density at radius 2 is 2.07 bits per heavy atom. The molecule has 0 aromatic heterocycles. The number of ether oxygens (including phenoxy) is 2. The summed E-state index contributed by atoms with van der Waals surface area (Å²) in [4.78, 5) is 21.0. The molecule has 0 atom stereocenters. The molecule has 15 heavy (non-hydrogen) atoms. The minimum Gasteiger partial charge on any atom is -0.381 e. The summed E-state index contributed by atoms with van der Waals surface area (Å²) < 4.78 is 10.1. The van der Waals surface area contributed by atoms with Gasteiger partial charge < -0.3 is 19.6 Å². The Hall–Kier alpha value is -0.940. The lowest BCUT2D eigenvalue weighted by atomic mass is 10.4. The lowest BCUT2D eigenvalue weighted by Crippen LogP contribution is -2.28. The van der Waals surface area contributed by atoms with Gasteiger partial charge in [-0.05, 0) is 6.92 Å². The summed E-state index contributed by atoms with van der Waals surface area (Å²) in [5, 5.41) is 2.69. The van der Waals surface area contributed by atoms with E-state index in [-0.39, 0.29) is 5.91 Å². The standard InChI is InChI=1S/C10H19NO4/c1-2-14-8-4-10(13)11-5-9-15-7-3-6-12/h6H,2-5,7-9H2,1H3,(H,11,13). The third-order valence-electron chi connectivity index (χ3n) is 1.63. The maximum absolute atomic E-state index is 11.1. The van der Waals surface area contributed by atoms with E-state index in [1.54, 1.807) is 0 Å². The normalized spacial score (nSPS) is 9.93. The average Bonchev–Trinajstić information content (AvgIpc) is 2.23. The number of hydrogen-bond donors (Lipinski definition) is 1. The summed E-state index contributed by atoms with van der Waals surface area (Å²) in [7, 11) is 0. The molecule has 5 heteroatoms. The Bertz CT molecular complexity index is 173. The maximum atomic E-state index is 11.1. The van der Waals surface area contributed by atoms with Crippen LogP contribution in [0.3, 0.4) is 0 Å². The van der Waals surface area contributed by atoms with Crippen LogP contribution in [0.15, 0.2) is 0 Å². The molecular formula is C10H19NO4. The average molecular weight is 217 g/mol. The summed E-state index contributed by atoms with van der Waals surface area (Å²) in [6, 6.07) is 0. The summed E-state index contributed by atoms with van der Waals surface area (Å²) >= 11 is 0. The first kappa shape index (κ1) is 14.1. The van der Waals surface area contributed by atoms with Crippen molar-refractivity contribution in [2.24, 2.45) is 0 Å². The predicted molar refractivity (Wildman–Crippen MR) is 55.6 cm³/mol. The van der Waals surface area contributed by atoms with E-state index in [0.29, 0.717) is 45.8 Å². The molecule has 0 bridgehead atoms. The molecular weight excluding hydrogens is 198 g/mol. The Morgan fingerprint density at radius 1 is 1.27 bits per heavy atom. The van der Waals surface area contributed by atoms with Gasteiger partial charge in [-0.25, -0.2) is 0 Å². The number of carbonyl (C=O) groups excluding carboxylic acids is 2. The van der Waals surface area contributed by atoms with E-state index in [9.17, 15) is 9.59 Å². The van der Waals surface area contributed by atoms with Crippen molar-refractivity contribution >= 4 is 12.2 Å². The van der Waals surface area contributed by atoms with E-state index in [1.165, 1.54) is 0 Å². The minimum absolute atomic E-state index is 0.0394. The summed E-state index contributed by atoms with van der Waals surface area (Å²) in [5.74, 6) is -0.0394. The van der Waals surface area contributed by atoms with Gasteiger partial charge >= 0.3 is 0 Å². The van der Waals surface area contributed by atoms with Gasteiger partial charge in [-0.3, -0.25) is 4.79 Å². The molecule has 1 amide bonds. The second kappa shape index (κ2) is 11.1. The molecule has 0 rings (SSSR count). The van der Waals surface area contributed by atoms with Crippen LogP contribution in [0, 0.1) is 0 Å². The van der Waals surface area contributed by atoms with Crippen molar-refractivity contribution in [3.8, 4) is 0 Å². The molecule has 0 radical (unpaired) electrons. The second-order valence-corrected chi connectivity index (χ2v) is 2.86. The number of nitrogens with one attached hydrogen (secondary N) is 1. The van der Waals surface area contributed by atoms with Gasteiger partial charge in [0.15, 0.2) is 0 Å². The van der Waals surface area contributed by atoms with Crippen molar-refractivity contribution in [3.63, 3.8) is 0 Å². The van der Waals surface area contributed by atoms with E-state index in [4.69, 9.17) is 9.47 Å². The summed E-state index contributed by atoms with van der Waals surface area (Å²) in [6.07, 6.45) is 1.58. The van der Waals surface area contributed by atoms with Crippen molar-refractivity contribution in [2.45, 2.75) is 19.8 Å². The van der Waals surface area contributed by atoms with Gasteiger partial charge in [-0.1, -0.05) is 0 Å². The zero-order valence-electron chi connectivity index (χ0n) is 9.16. The zero-order chi connectivity index (χ0) is 11.4. The van der Waals surface area contributed by atoms with Crippen LogP contribution in [0.4, 0.5) is 0 Å². The lowest BCUT2D eigenvalue weighted by molar-refractivity contribution is -0.122. The van der Waals surface area contributed by atoms with Crippen molar-refractivity contribution < 1.29 is 19.1 Å². The number of rotatable bonds is 10. The summed E-state index contributed by atoms with van der Waals surface area (Å²) in [6.45, 7) is 4.30. The molecule has 0 unspecified atom stereocenters. The molecule has 0 aliphatic heterocycles. The van der Waals surface area contributed by atoms with Crippen LogP contribution in [0.5, 0.6) is 0 Å². The fourth-order valence-electron chi connectivity index (χ4n) is 0.894. The molecule has 88 valence electrons. The largest absolute Gasteiger partial charge is 0.381 e. The van der Waals surface area contributed by atoms with Crippen molar-refractivity contribution in [2.75, 3.05) is 33.0 Å². The fraction of sp³-hybridized carbons (Fsp3) is 0.800. The van der Waals surface area contributed by atoms with Gasteiger partial charge in [0.25, 0.3) is 0 Å². The molecule has 5 nitrogen and oxygen atoms in total. The third kappa shape index (κ3) is 11.0. The van der Waals surface area contributed by atoms with Crippen molar-refractivity contribution in [3.05, 3.63) is 0 Å². The van der Waals surface area contributed by atoms with Crippen LogP contribution in [0.1, 0.15) is 19.8 Å². The number of amides is 1. The highest BCUT2D eigenvalue weighted by Crippen LogP contribution is 1.83. The monoisotopic (exact) mass is 217 g/mol. The van der Waals surface area contributed by atoms with Crippen molar-refractivity contribution in [1.82, 2.24) is 5.32 Å². The van der Waals surface area contributed by atoms with Gasteiger partial charge in [0, 0.05) is 26.0 Å². The zero-order valence-corrected chi connectivity index (χ0v) is 9.16. The topological polar surface area (TPSA) is 64.6 Å². The SMILES string of the molecule is CCOCCC(=O)NCCOCCC=O. The van der Waals surface area contributed by atoms with Crippen LogP contribution < -0.4 is 5.32 Å².